The quantitative estimate of drug-likeness (QED) is 0.911. The molecular formula is C13H17ClN2O2. The van der Waals surface area contributed by atoms with E-state index in [0.29, 0.717) is 5.02 Å². The minimum Gasteiger partial charge on any atom is -0.352 e. The topological polar surface area (TPSA) is 51.1 Å². The molecule has 1 heterocycles. The minimum absolute atomic E-state index is 0.0376. The highest BCUT2D eigenvalue weighted by Crippen LogP contribution is 2.17. The Morgan fingerprint density at radius 1 is 1.33 bits per heavy atom. The Morgan fingerprint density at radius 2 is 2.06 bits per heavy atom. The van der Waals surface area contributed by atoms with Crippen LogP contribution in [0.1, 0.15) is 32.1 Å². The maximum absolute atomic E-state index is 11.8. The van der Waals surface area contributed by atoms with Crippen molar-refractivity contribution in [2.45, 2.75) is 44.7 Å². The van der Waals surface area contributed by atoms with Crippen LogP contribution < -0.4 is 10.9 Å². The van der Waals surface area contributed by atoms with Gasteiger partial charge in [-0.3, -0.25) is 9.59 Å². The molecule has 0 saturated heterocycles. The molecule has 4 nitrogen and oxygen atoms in total. The van der Waals surface area contributed by atoms with E-state index in [1.54, 1.807) is 0 Å². The Bertz CT molecular complexity index is 478. The lowest BCUT2D eigenvalue weighted by Gasteiger charge is -2.22. The Hall–Kier alpha value is -1.29. The van der Waals surface area contributed by atoms with E-state index in [2.05, 4.69) is 5.32 Å². The highest BCUT2D eigenvalue weighted by Gasteiger charge is 2.15. The number of halogens is 1. The van der Waals surface area contributed by atoms with Crippen molar-refractivity contribution in [1.29, 1.82) is 0 Å². The van der Waals surface area contributed by atoms with Gasteiger partial charge in [-0.2, -0.15) is 0 Å². The van der Waals surface area contributed by atoms with E-state index in [1.807, 2.05) is 0 Å². The molecule has 5 heteroatoms. The van der Waals surface area contributed by atoms with E-state index in [4.69, 9.17) is 11.6 Å². The van der Waals surface area contributed by atoms with Crippen LogP contribution in [0.4, 0.5) is 0 Å². The van der Waals surface area contributed by atoms with Crippen LogP contribution >= 0.6 is 11.6 Å². The standard InChI is InChI=1S/C13H17ClN2O2/c14-10-6-7-13(18)16(8-10)9-12(17)15-11-4-2-1-3-5-11/h6-8,11H,1-5,9H2,(H,15,17). The third kappa shape index (κ3) is 3.60. The van der Waals surface area contributed by atoms with Crippen molar-refractivity contribution < 1.29 is 4.79 Å². The first-order chi connectivity index (χ1) is 8.65. The molecule has 0 radical (unpaired) electrons. The van der Waals surface area contributed by atoms with Crippen molar-refractivity contribution in [1.82, 2.24) is 9.88 Å². The van der Waals surface area contributed by atoms with Gasteiger partial charge in [-0.15, -0.1) is 0 Å². The van der Waals surface area contributed by atoms with E-state index in [1.165, 1.54) is 42.2 Å². The summed E-state index contributed by atoms with van der Waals surface area (Å²) in [4.78, 5) is 23.4. The van der Waals surface area contributed by atoms with Gasteiger partial charge in [0.15, 0.2) is 0 Å². The van der Waals surface area contributed by atoms with Gasteiger partial charge in [0, 0.05) is 18.3 Å². The number of hydrogen-bond donors (Lipinski definition) is 1. The van der Waals surface area contributed by atoms with Crippen LogP contribution in [-0.2, 0) is 11.3 Å². The summed E-state index contributed by atoms with van der Waals surface area (Å²) in [5.74, 6) is -0.119. The molecule has 0 unspecified atom stereocenters. The number of carbonyl (C=O) groups excluding carboxylic acids is 1. The highest BCUT2D eigenvalue weighted by molar-refractivity contribution is 6.30. The molecule has 1 aliphatic rings. The van der Waals surface area contributed by atoms with E-state index in [0.717, 1.165) is 12.8 Å². The third-order valence-electron chi connectivity index (χ3n) is 3.23. The molecule has 1 saturated carbocycles. The predicted molar refractivity (Wildman–Crippen MR) is 70.7 cm³/mol. The number of pyridine rings is 1. The molecule has 98 valence electrons. The van der Waals surface area contributed by atoms with Crippen molar-refractivity contribution >= 4 is 17.5 Å². The summed E-state index contributed by atoms with van der Waals surface area (Å²) < 4.78 is 1.33. The van der Waals surface area contributed by atoms with Gasteiger partial charge in [-0.25, -0.2) is 0 Å². The van der Waals surface area contributed by atoms with E-state index < -0.39 is 0 Å². The third-order valence-corrected chi connectivity index (χ3v) is 3.46. The van der Waals surface area contributed by atoms with Crippen molar-refractivity contribution in [3.8, 4) is 0 Å². The summed E-state index contributed by atoms with van der Waals surface area (Å²) >= 11 is 5.80. The van der Waals surface area contributed by atoms with Crippen molar-refractivity contribution in [2.75, 3.05) is 0 Å². The summed E-state index contributed by atoms with van der Waals surface area (Å²) in [5, 5.41) is 3.43. The van der Waals surface area contributed by atoms with Crippen molar-refractivity contribution in [3.63, 3.8) is 0 Å². The van der Waals surface area contributed by atoms with Crippen LogP contribution in [0.15, 0.2) is 23.1 Å². The lowest BCUT2D eigenvalue weighted by Crippen LogP contribution is -2.39. The predicted octanol–water partition coefficient (Wildman–Crippen LogP) is 1.95. The molecule has 18 heavy (non-hydrogen) atoms. The first kappa shape index (κ1) is 13.1. The highest BCUT2D eigenvalue weighted by atomic mass is 35.5. The molecular weight excluding hydrogens is 252 g/mol. The molecule has 1 fully saturated rings. The van der Waals surface area contributed by atoms with Crippen LogP contribution in [-0.4, -0.2) is 16.5 Å². The molecule has 1 amide bonds. The largest absolute Gasteiger partial charge is 0.352 e. The summed E-state index contributed by atoms with van der Waals surface area (Å²) in [5.41, 5.74) is -0.210. The number of aromatic nitrogens is 1. The van der Waals surface area contributed by atoms with Gasteiger partial charge in [0.1, 0.15) is 6.54 Å². The second-order valence-corrected chi connectivity index (χ2v) is 5.15. The molecule has 1 N–H and O–H groups in total. The average molecular weight is 269 g/mol. The van der Waals surface area contributed by atoms with Crippen LogP contribution in [0.25, 0.3) is 0 Å². The first-order valence-electron chi connectivity index (χ1n) is 6.30. The van der Waals surface area contributed by atoms with Gasteiger partial charge >= 0.3 is 0 Å². The lowest BCUT2D eigenvalue weighted by molar-refractivity contribution is -0.122. The van der Waals surface area contributed by atoms with Crippen molar-refractivity contribution in [3.05, 3.63) is 33.7 Å². The zero-order valence-electron chi connectivity index (χ0n) is 10.2. The fourth-order valence-electron chi connectivity index (χ4n) is 2.30. The number of nitrogens with one attached hydrogen (secondary N) is 1. The fourth-order valence-corrected chi connectivity index (χ4v) is 2.48. The number of nitrogens with zero attached hydrogens (tertiary/aromatic N) is 1. The average Bonchev–Trinajstić information content (AvgIpc) is 2.35. The van der Waals surface area contributed by atoms with Crippen LogP contribution in [0.3, 0.4) is 0 Å². The summed E-state index contributed by atoms with van der Waals surface area (Å²) in [6.45, 7) is 0.0376. The zero-order chi connectivity index (χ0) is 13.0. The second-order valence-electron chi connectivity index (χ2n) is 4.72. The van der Waals surface area contributed by atoms with Gasteiger partial charge in [0.2, 0.25) is 5.91 Å². The Kier molecular flexibility index (Phi) is 4.42. The molecule has 1 aliphatic carbocycles. The molecule has 0 atom stereocenters. The molecule has 0 aliphatic heterocycles. The summed E-state index contributed by atoms with van der Waals surface area (Å²) in [6.07, 6.45) is 7.15. The van der Waals surface area contributed by atoms with E-state index >= 15 is 0 Å². The van der Waals surface area contributed by atoms with Gasteiger partial charge in [-0.05, 0) is 18.9 Å². The Morgan fingerprint density at radius 3 is 2.78 bits per heavy atom. The Labute approximate surface area is 111 Å². The lowest BCUT2D eigenvalue weighted by atomic mass is 9.95. The van der Waals surface area contributed by atoms with Gasteiger partial charge in [-0.1, -0.05) is 30.9 Å². The van der Waals surface area contributed by atoms with E-state index in [9.17, 15) is 9.59 Å². The number of carbonyl (C=O) groups is 1. The normalized spacial score (nSPS) is 16.5. The van der Waals surface area contributed by atoms with Gasteiger partial charge in [0.05, 0.1) is 5.02 Å². The molecule has 0 spiro atoms. The molecule has 0 aromatic carbocycles. The summed E-state index contributed by atoms with van der Waals surface area (Å²) in [6, 6.07) is 3.16. The number of rotatable bonds is 3. The zero-order valence-corrected chi connectivity index (χ0v) is 10.9. The molecule has 1 aromatic rings. The SMILES string of the molecule is O=C(Cn1cc(Cl)ccc1=O)NC1CCCCC1. The molecule has 0 bridgehead atoms. The summed E-state index contributed by atoms with van der Waals surface area (Å²) in [7, 11) is 0. The van der Waals surface area contributed by atoms with Gasteiger partial charge in [0.25, 0.3) is 5.56 Å². The molecule has 1 aromatic heterocycles. The smallest absolute Gasteiger partial charge is 0.251 e. The van der Waals surface area contributed by atoms with Gasteiger partial charge < -0.3 is 9.88 Å². The number of amides is 1. The second kappa shape index (κ2) is 6.05. The fraction of sp³-hybridized carbons (Fsp3) is 0.538. The van der Waals surface area contributed by atoms with Crippen molar-refractivity contribution in [2.24, 2.45) is 0 Å². The minimum atomic E-state index is -0.210. The maximum Gasteiger partial charge on any atom is 0.251 e. The maximum atomic E-state index is 11.8. The van der Waals surface area contributed by atoms with Crippen LogP contribution in [0.2, 0.25) is 5.02 Å². The van der Waals surface area contributed by atoms with Crippen LogP contribution in [0.5, 0.6) is 0 Å². The van der Waals surface area contributed by atoms with Crippen LogP contribution in [0, 0.1) is 0 Å². The Balaban J connectivity index is 1.94. The monoisotopic (exact) mass is 268 g/mol. The molecule has 2 rings (SSSR count). The first-order valence-corrected chi connectivity index (χ1v) is 6.68. The number of hydrogen-bond acceptors (Lipinski definition) is 2. The van der Waals surface area contributed by atoms with E-state index in [-0.39, 0.29) is 24.1 Å².